The third-order valence-electron chi connectivity index (χ3n) is 5.38. The maximum atomic E-state index is 12.8. The number of carbonyl (C=O) groups is 2. The third-order valence-corrected chi connectivity index (χ3v) is 5.38. The minimum atomic E-state index is -1.30. The Labute approximate surface area is 215 Å². The zero-order valence-electron chi connectivity index (χ0n) is 20.2. The number of benzene rings is 4. The van der Waals surface area contributed by atoms with Gasteiger partial charge in [0.2, 0.25) is 0 Å². The smallest absolute Gasteiger partial charge is 0.373 e. The molecule has 0 aromatic heterocycles. The molecule has 0 saturated heterocycles. The lowest BCUT2D eigenvalue weighted by atomic mass is 10.00. The summed E-state index contributed by atoms with van der Waals surface area (Å²) < 4.78 is 5.33. The Morgan fingerprint density at radius 2 is 1.00 bits per heavy atom. The highest BCUT2D eigenvalue weighted by molar-refractivity contribution is 5.97. The molecule has 7 nitrogen and oxygen atoms in total. The van der Waals surface area contributed by atoms with Gasteiger partial charge in [-0.25, -0.2) is 9.59 Å². The van der Waals surface area contributed by atoms with Crippen molar-refractivity contribution in [2.45, 2.75) is 13.2 Å². The van der Waals surface area contributed by atoms with Gasteiger partial charge in [0, 0.05) is 6.61 Å². The Morgan fingerprint density at radius 1 is 0.595 bits per heavy atom. The Balaban J connectivity index is 1.42. The van der Waals surface area contributed by atoms with Crippen molar-refractivity contribution in [2.75, 3.05) is 13.2 Å². The molecule has 0 aliphatic rings. The largest absolute Gasteiger partial charge is 0.376 e. The van der Waals surface area contributed by atoms with Gasteiger partial charge in [0.15, 0.2) is 0 Å². The number of rotatable bonds is 11. The van der Waals surface area contributed by atoms with E-state index in [1.54, 1.807) is 31.2 Å². The molecule has 4 aromatic rings. The van der Waals surface area contributed by atoms with E-state index in [4.69, 9.17) is 24.3 Å². The van der Waals surface area contributed by atoms with Gasteiger partial charge in [0.05, 0.1) is 11.1 Å². The van der Waals surface area contributed by atoms with Crippen LogP contribution >= 0.6 is 0 Å². The normalized spacial score (nSPS) is 10.8. The van der Waals surface area contributed by atoms with Crippen molar-refractivity contribution in [2.24, 2.45) is 0 Å². The monoisotopic (exact) mass is 498 g/mol. The summed E-state index contributed by atoms with van der Waals surface area (Å²) in [5.74, 6) is -1.46. The highest BCUT2D eigenvalue weighted by atomic mass is 17.3. The van der Waals surface area contributed by atoms with Gasteiger partial charge in [-0.2, -0.15) is 0 Å². The van der Waals surface area contributed by atoms with Gasteiger partial charge in [0.1, 0.15) is 6.61 Å². The van der Waals surface area contributed by atoms with E-state index in [1.165, 1.54) is 0 Å². The average molecular weight is 499 g/mol. The highest BCUT2D eigenvalue weighted by Crippen LogP contribution is 2.25. The fourth-order valence-corrected chi connectivity index (χ4v) is 3.63. The van der Waals surface area contributed by atoms with Crippen LogP contribution < -0.4 is 0 Å². The summed E-state index contributed by atoms with van der Waals surface area (Å²) in [5, 5.41) is 0. The molecule has 0 aliphatic heterocycles. The van der Waals surface area contributed by atoms with Gasteiger partial charge >= 0.3 is 11.9 Å². The van der Waals surface area contributed by atoms with Crippen molar-refractivity contribution < 1.29 is 33.9 Å². The van der Waals surface area contributed by atoms with Crippen LogP contribution in [0.15, 0.2) is 109 Å². The topological polar surface area (TPSA) is 80.3 Å². The molecule has 0 radical (unpaired) electrons. The lowest BCUT2D eigenvalue weighted by Crippen LogP contribution is -2.27. The Bertz CT molecular complexity index is 1210. The maximum absolute atomic E-state index is 12.8. The third kappa shape index (κ3) is 6.89. The van der Waals surface area contributed by atoms with Crippen LogP contribution in [-0.2, 0) is 24.3 Å². The average Bonchev–Trinajstić information content (AvgIpc) is 2.97. The first-order valence-corrected chi connectivity index (χ1v) is 11.8. The number of carbonyl (C=O) groups excluding carboxylic acids is 2. The standard InChI is InChI=1S/C30H26O7/c1-2-33-21-28(34-36-29(31)26-19-11-9-17-24(26)22-13-5-3-6-14-22)35-37-30(32)27-20-12-10-18-25(27)23-15-7-4-8-16-23/h3-20,28H,2,21H2,1H3. The van der Waals surface area contributed by atoms with Gasteiger partial charge in [-0.1, -0.05) is 97.1 Å². The van der Waals surface area contributed by atoms with E-state index < -0.39 is 18.2 Å². The molecular formula is C30H26O7. The van der Waals surface area contributed by atoms with E-state index in [9.17, 15) is 9.59 Å². The molecule has 0 saturated carbocycles. The molecule has 0 heterocycles. The second-order valence-corrected chi connectivity index (χ2v) is 7.85. The van der Waals surface area contributed by atoms with Crippen LogP contribution in [0.2, 0.25) is 0 Å². The number of hydrogen-bond donors (Lipinski definition) is 0. The zero-order chi connectivity index (χ0) is 25.9. The van der Waals surface area contributed by atoms with E-state index in [1.807, 2.05) is 84.9 Å². The molecule has 4 aromatic carbocycles. The lowest BCUT2D eigenvalue weighted by Gasteiger charge is -2.16. The van der Waals surface area contributed by atoms with Crippen molar-refractivity contribution >= 4 is 11.9 Å². The first kappa shape index (κ1) is 25.8. The van der Waals surface area contributed by atoms with Crippen LogP contribution in [0.5, 0.6) is 0 Å². The summed E-state index contributed by atoms with van der Waals surface area (Å²) in [6.45, 7) is 1.98. The van der Waals surface area contributed by atoms with Crippen LogP contribution in [0.25, 0.3) is 22.3 Å². The Kier molecular flexibility index (Phi) is 9.15. The van der Waals surface area contributed by atoms with Gasteiger partial charge in [-0.15, -0.1) is 9.78 Å². The van der Waals surface area contributed by atoms with E-state index in [0.717, 1.165) is 11.1 Å². The highest BCUT2D eigenvalue weighted by Gasteiger charge is 2.22. The molecule has 0 atom stereocenters. The minimum absolute atomic E-state index is 0.141. The van der Waals surface area contributed by atoms with Gasteiger partial charge in [-0.05, 0) is 41.3 Å². The van der Waals surface area contributed by atoms with Crippen molar-refractivity contribution in [1.29, 1.82) is 0 Å². The maximum Gasteiger partial charge on any atom is 0.373 e. The van der Waals surface area contributed by atoms with Gasteiger partial charge in [0.25, 0.3) is 6.29 Å². The fourth-order valence-electron chi connectivity index (χ4n) is 3.63. The molecule has 0 aliphatic carbocycles. The second-order valence-electron chi connectivity index (χ2n) is 7.85. The molecule has 0 unspecified atom stereocenters. The fraction of sp³-hybridized carbons (Fsp3) is 0.133. The van der Waals surface area contributed by atoms with E-state index in [0.29, 0.717) is 28.9 Å². The van der Waals surface area contributed by atoms with Crippen LogP contribution in [-0.4, -0.2) is 31.4 Å². The predicted molar refractivity (Wildman–Crippen MR) is 137 cm³/mol. The molecule has 7 heteroatoms. The molecule has 0 fully saturated rings. The van der Waals surface area contributed by atoms with Crippen molar-refractivity contribution in [1.82, 2.24) is 0 Å². The van der Waals surface area contributed by atoms with Crippen LogP contribution in [0, 0.1) is 0 Å². The van der Waals surface area contributed by atoms with Gasteiger partial charge < -0.3 is 4.74 Å². The van der Waals surface area contributed by atoms with Gasteiger partial charge in [-0.3, -0.25) is 9.78 Å². The molecule has 0 amide bonds. The SMILES string of the molecule is CCOCC(OOC(=O)c1ccccc1-c1ccccc1)OOC(=O)c1ccccc1-c1ccccc1. The molecule has 0 spiro atoms. The van der Waals surface area contributed by atoms with Crippen molar-refractivity contribution in [3.8, 4) is 22.3 Å². The van der Waals surface area contributed by atoms with Crippen molar-refractivity contribution in [3.05, 3.63) is 120 Å². The first-order chi connectivity index (χ1) is 18.2. The minimum Gasteiger partial charge on any atom is -0.376 e. The van der Waals surface area contributed by atoms with E-state index in [-0.39, 0.29) is 6.61 Å². The van der Waals surface area contributed by atoms with Crippen LogP contribution in [0.1, 0.15) is 27.6 Å². The summed E-state index contributed by atoms with van der Waals surface area (Å²) >= 11 is 0. The van der Waals surface area contributed by atoms with E-state index >= 15 is 0 Å². The molecular weight excluding hydrogens is 472 g/mol. The zero-order valence-corrected chi connectivity index (χ0v) is 20.2. The summed E-state index contributed by atoms with van der Waals surface area (Å²) in [5.41, 5.74) is 3.67. The van der Waals surface area contributed by atoms with E-state index in [2.05, 4.69) is 0 Å². The number of ether oxygens (including phenoxy) is 1. The van der Waals surface area contributed by atoms with Crippen LogP contribution in [0.3, 0.4) is 0 Å². The van der Waals surface area contributed by atoms with Crippen molar-refractivity contribution in [3.63, 3.8) is 0 Å². The second kappa shape index (κ2) is 13.1. The first-order valence-electron chi connectivity index (χ1n) is 11.8. The summed E-state index contributed by atoms with van der Waals surface area (Å²) in [6.07, 6.45) is -1.30. The Morgan fingerprint density at radius 3 is 1.43 bits per heavy atom. The van der Waals surface area contributed by atoms with Crippen LogP contribution in [0.4, 0.5) is 0 Å². The molecule has 0 bridgehead atoms. The Hall–Kier alpha value is -4.30. The predicted octanol–water partition coefficient (Wildman–Crippen LogP) is 6.26. The summed E-state index contributed by atoms with van der Waals surface area (Å²) in [4.78, 5) is 46.1. The molecule has 4 rings (SSSR count). The summed E-state index contributed by atoms with van der Waals surface area (Å²) in [6, 6.07) is 32.9. The summed E-state index contributed by atoms with van der Waals surface area (Å²) in [7, 11) is 0. The number of hydrogen-bond acceptors (Lipinski definition) is 7. The molecule has 37 heavy (non-hydrogen) atoms. The lowest BCUT2D eigenvalue weighted by molar-refractivity contribution is -0.426. The molecule has 188 valence electrons. The quantitative estimate of drug-likeness (QED) is 0.137. The molecule has 0 N–H and O–H groups in total.